The Morgan fingerprint density at radius 3 is 3.00 bits per heavy atom. The molecule has 0 bridgehead atoms. The summed E-state index contributed by atoms with van der Waals surface area (Å²) in [5.41, 5.74) is 0.596. The van der Waals surface area contributed by atoms with Crippen LogP contribution in [0.15, 0.2) is 35.3 Å². The molecule has 1 saturated heterocycles. The highest BCUT2D eigenvalue weighted by Gasteiger charge is 2.09. The van der Waals surface area contributed by atoms with Crippen molar-refractivity contribution >= 4 is 11.5 Å². The lowest BCUT2D eigenvalue weighted by molar-refractivity contribution is 0.0398. The van der Waals surface area contributed by atoms with Crippen molar-refractivity contribution in [3.8, 4) is 0 Å². The van der Waals surface area contributed by atoms with Crippen LogP contribution < -0.4 is 10.9 Å². The second-order valence-corrected chi connectivity index (χ2v) is 4.79. The van der Waals surface area contributed by atoms with Gasteiger partial charge in [-0.1, -0.05) is 6.07 Å². The van der Waals surface area contributed by atoms with Crippen LogP contribution in [0.2, 0.25) is 0 Å². The molecule has 0 unspecified atom stereocenters. The SMILES string of the molecule is O=c1cc(NCCN2CCOCC2)nc2ccccn12. The van der Waals surface area contributed by atoms with Gasteiger partial charge >= 0.3 is 0 Å². The minimum Gasteiger partial charge on any atom is -0.379 e. The van der Waals surface area contributed by atoms with Crippen molar-refractivity contribution in [2.75, 3.05) is 44.7 Å². The number of fused-ring (bicyclic) bond motifs is 1. The van der Waals surface area contributed by atoms with Gasteiger partial charge in [0.05, 0.1) is 13.2 Å². The highest BCUT2D eigenvalue weighted by atomic mass is 16.5. The first kappa shape index (κ1) is 13.1. The molecule has 20 heavy (non-hydrogen) atoms. The summed E-state index contributed by atoms with van der Waals surface area (Å²) in [6, 6.07) is 7.06. The standard InChI is InChI=1S/C14H18N4O2/c19-14-11-12(16-13-3-1-2-5-18(13)14)15-4-6-17-7-9-20-10-8-17/h1-3,5,11,15H,4,6-10H2. The number of aromatic nitrogens is 2. The predicted octanol–water partition coefficient (Wildman–Crippen LogP) is 0.439. The van der Waals surface area contributed by atoms with E-state index in [2.05, 4.69) is 15.2 Å². The van der Waals surface area contributed by atoms with Gasteiger partial charge in [-0.2, -0.15) is 0 Å². The Bertz CT molecular complexity index is 634. The fraction of sp³-hybridized carbons (Fsp3) is 0.429. The van der Waals surface area contributed by atoms with Crippen LogP contribution in [0.4, 0.5) is 5.82 Å². The van der Waals surface area contributed by atoms with E-state index in [1.54, 1.807) is 6.20 Å². The summed E-state index contributed by atoms with van der Waals surface area (Å²) < 4.78 is 6.84. The van der Waals surface area contributed by atoms with Crippen molar-refractivity contribution in [3.05, 3.63) is 40.8 Å². The van der Waals surface area contributed by atoms with E-state index in [-0.39, 0.29) is 5.56 Å². The average molecular weight is 274 g/mol. The number of hydrogen-bond acceptors (Lipinski definition) is 5. The maximum atomic E-state index is 11.9. The molecule has 2 aromatic rings. The van der Waals surface area contributed by atoms with Crippen molar-refractivity contribution < 1.29 is 4.74 Å². The van der Waals surface area contributed by atoms with Crippen LogP contribution in [-0.2, 0) is 4.74 Å². The highest BCUT2D eigenvalue weighted by Crippen LogP contribution is 2.03. The average Bonchev–Trinajstić information content (AvgIpc) is 2.48. The number of pyridine rings is 1. The molecule has 1 aliphatic heterocycles. The van der Waals surface area contributed by atoms with Gasteiger partial charge < -0.3 is 10.1 Å². The predicted molar refractivity (Wildman–Crippen MR) is 77.2 cm³/mol. The van der Waals surface area contributed by atoms with Crippen LogP contribution >= 0.6 is 0 Å². The smallest absolute Gasteiger partial charge is 0.259 e. The molecule has 0 aromatic carbocycles. The molecule has 0 atom stereocenters. The third-order valence-corrected chi connectivity index (χ3v) is 3.41. The van der Waals surface area contributed by atoms with E-state index in [1.165, 1.54) is 10.5 Å². The molecule has 6 nitrogen and oxygen atoms in total. The van der Waals surface area contributed by atoms with Crippen LogP contribution in [0.25, 0.3) is 5.65 Å². The lowest BCUT2D eigenvalue weighted by Crippen LogP contribution is -2.39. The van der Waals surface area contributed by atoms with E-state index in [1.807, 2.05) is 18.2 Å². The summed E-state index contributed by atoms with van der Waals surface area (Å²) in [5.74, 6) is 0.634. The first-order valence-electron chi connectivity index (χ1n) is 6.85. The van der Waals surface area contributed by atoms with E-state index in [0.29, 0.717) is 11.5 Å². The normalized spacial score (nSPS) is 16.4. The van der Waals surface area contributed by atoms with Gasteiger partial charge in [0.1, 0.15) is 11.5 Å². The van der Waals surface area contributed by atoms with Crippen molar-refractivity contribution in [1.29, 1.82) is 0 Å². The quantitative estimate of drug-likeness (QED) is 0.876. The summed E-state index contributed by atoms with van der Waals surface area (Å²) in [6.07, 6.45) is 1.72. The molecule has 0 spiro atoms. The Morgan fingerprint density at radius 2 is 2.15 bits per heavy atom. The zero-order chi connectivity index (χ0) is 13.8. The van der Waals surface area contributed by atoms with E-state index >= 15 is 0 Å². The molecule has 1 N–H and O–H groups in total. The van der Waals surface area contributed by atoms with Gasteiger partial charge in [-0.25, -0.2) is 4.98 Å². The number of ether oxygens (including phenoxy) is 1. The topological polar surface area (TPSA) is 58.9 Å². The van der Waals surface area contributed by atoms with E-state index in [4.69, 9.17) is 4.74 Å². The molecule has 1 fully saturated rings. The summed E-state index contributed by atoms with van der Waals surface area (Å²) in [4.78, 5) is 18.7. The Morgan fingerprint density at radius 1 is 1.30 bits per heavy atom. The van der Waals surface area contributed by atoms with Crippen LogP contribution in [0.1, 0.15) is 0 Å². The maximum absolute atomic E-state index is 11.9. The van der Waals surface area contributed by atoms with Crippen molar-refractivity contribution in [2.24, 2.45) is 0 Å². The zero-order valence-corrected chi connectivity index (χ0v) is 11.3. The van der Waals surface area contributed by atoms with Gasteiger partial charge in [0.25, 0.3) is 5.56 Å². The lowest BCUT2D eigenvalue weighted by atomic mass is 10.4. The number of nitrogens with one attached hydrogen (secondary N) is 1. The van der Waals surface area contributed by atoms with Crippen LogP contribution in [0.5, 0.6) is 0 Å². The van der Waals surface area contributed by atoms with Crippen molar-refractivity contribution in [1.82, 2.24) is 14.3 Å². The monoisotopic (exact) mass is 274 g/mol. The third-order valence-electron chi connectivity index (χ3n) is 3.41. The number of nitrogens with zero attached hydrogens (tertiary/aromatic N) is 3. The van der Waals surface area contributed by atoms with Gasteiger partial charge in [0.15, 0.2) is 0 Å². The van der Waals surface area contributed by atoms with Crippen LogP contribution in [-0.4, -0.2) is 53.7 Å². The Balaban J connectivity index is 1.64. The van der Waals surface area contributed by atoms with Crippen LogP contribution in [0, 0.1) is 0 Å². The summed E-state index contributed by atoms with van der Waals surface area (Å²) in [7, 11) is 0. The highest BCUT2D eigenvalue weighted by molar-refractivity contribution is 5.46. The second-order valence-electron chi connectivity index (χ2n) is 4.79. The third kappa shape index (κ3) is 2.97. The molecule has 1 aliphatic rings. The molecular weight excluding hydrogens is 256 g/mol. The number of anilines is 1. The first-order valence-corrected chi connectivity index (χ1v) is 6.85. The van der Waals surface area contributed by atoms with Gasteiger partial charge in [-0.15, -0.1) is 0 Å². The van der Waals surface area contributed by atoms with Gasteiger partial charge in [-0.05, 0) is 12.1 Å². The maximum Gasteiger partial charge on any atom is 0.259 e. The molecule has 0 radical (unpaired) electrons. The number of hydrogen-bond donors (Lipinski definition) is 1. The summed E-state index contributed by atoms with van der Waals surface area (Å²) in [5, 5.41) is 3.22. The molecule has 3 heterocycles. The molecule has 106 valence electrons. The lowest BCUT2D eigenvalue weighted by Gasteiger charge is -2.26. The molecule has 0 amide bonds. The summed E-state index contributed by atoms with van der Waals surface area (Å²) in [6.45, 7) is 5.24. The van der Waals surface area contributed by atoms with Crippen molar-refractivity contribution in [2.45, 2.75) is 0 Å². The van der Waals surface area contributed by atoms with E-state index in [0.717, 1.165) is 39.4 Å². The molecule has 3 rings (SSSR count). The van der Waals surface area contributed by atoms with E-state index in [9.17, 15) is 4.79 Å². The fourth-order valence-corrected chi connectivity index (χ4v) is 2.31. The minimum atomic E-state index is -0.0653. The minimum absolute atomic E-state index is 0.0653. The fourth-order valence-electron chi connectivity index (χ4n) is 2.31. The second kappa shape index (κ2) is 6.02. The molecule has 0 saturated carbocycles. The Labute approximate surface area is 117 Å². The van der Waals surface area contributed by atoms with Crippen molar-refractivity contribution in [3.63, 3.8) is 0 Å². The van der Waals surface area contributed by atoms with Gasteiger partial charge in [-0.3, -0.25) is 14.1 Å². The number of morpholine rings is 1. The molecule has 2 aromatic heterocycles. The molecule has 6 heteroatoms. The molecule has 0 aliphatic carbocycles. The molecular formula is C14H18N4O2. The first-order chi connectivity index (χ1) is 9.83. The zero-order valence-electron chi connectivity index (χ0n) is 11.3. The Hall–Kier alpha value is -1.92. The Kier molecular flexibility index (Phi) is 3.94. The van der Waals surface area contributed by atoms with Gasteiger partial charge in [0.2, 0.25) is 0 Å². The van der Waals surface area contributed by atoms with E-state index < -0.39 is 0 Å². The van der Waals surface area contributed by atoms with Crippen LogP contribution in [0.3, 0.4) is 0 Å². The summed E-state index contributed by atoms with van der Waals surface area (Å²) >= 11 is 0. The van der Waals surface area contributed by atoms with Gasteiger partial charge in [0, 0.05) is 38.4 Å². The number of rotatable bonds is 4. The largest absolute Gasteiger partial charge is 0.379 e.